The molecule has 4 aromatic rings. The molecule has 0 saturated carbocycles. The summed E-state index contributed by atoms with van der Waals surface area (Å²) < 4.78 is 8.04. The molecule has 1 aromatic carbocycles. The molecule has 4 N–H and O–H groups in total. The van der Waals surface area contributed by atoms with Gasteiger partial charge in [-0.1, -0.05) is 12.1 Å². The number of carbonyl (C=O) groups is 1. The number of fused-ring (bicyclic) bond motifs is 1. The van der Waals surface area contributed by atoms with Crippen molar-refractivity contribution in [2.24, 2.45) is 0 Å². The van der Waals surface area contributed by atoms with Crippen LogP contribution in [-0.2, 0) is 17.8 Å². The summed E-state index contributed by atoms with van der Waals surface area (Å²) >= 11 is 0. The molecular weight excluding hydrogens is 434 g/mol. The Kier molecular flexibility index (Phi) is 5.84. The molecule has 2 atom stereocenters. The monoisotopic (exact) mass is 461 g/mol. The fourth-order valence-electron chi connectivity index (χ4n) is 4.25. The van der Waals surface area contributed by atoms with Crippen molar-refractivity contribution in [1.82, 2.24) is 40.4 Å². The standard InChI is InChI=1S/C23H27N9O2/c1-31(2)23(33)19-9-18(11-25-19)34-17-5-3-4-14(7-17)12-32-13-15(10-26-32)6-16-8-20(24)27-22-21(16)28-30-29-22/h3-5,7-8,10,13,18-19,25H,6,9,11-12H2,1-2H3,(H3,24,27,28,29,30)/t18-,19+/m1/s1. The lowest BCUT2D eigenvalue weighted by Crippen LogP contribution is -2.39. The number of H-pyrrole nitrogens is 1. The van der Waals surface area contributed by atoms with Crippen LogP contribution in [0.25, 0.3) is 11.2 Å². The largest absolute Gasteiger partial charge is 0.489 e. The maximum Gasteiger partial charge on any atom is 0.239 e. The van der Waals surface area contributed by atoms with E-state index in [0.717, 1.165) is 22.4 Å². The SMILES string of the molecule is CN(C)C(=O)[C@@H]1C[C@@H](Oc2cccc(Cn3cc(Cc4cc(N)nc5n[nH]nc45)cn3)c2)CN1. The number of nitrogen functional groups attached to an aromatic ring is 1. The van der Waals surface area contributed by atoms with Gasteiger partial charge in [-0.15, -0.1) is 5.10 Å². The third-order valence-electron chi connectivity index (χ3n) is 5.85. The van der Waals surface area contributed by atoms with Crippen molar-refractivity contribution in [2.45, 2.75) is 31.5 Å². The van der Waals surface area contributed by atoms with Gasteiger partial charge in [0.1, 0.15) is 23.2 Å². The molecular formula is C23H27N9O2. The van der Waals surface area contributed by atoms with Crippen LogP contribution in [0.1, 0.15) is 23.1 Å². The van der Waals surface area contributed by atoms with E-state index in [1.54, 1.807) is 19.0 Å². The van der Waals surface area contributed by atoms with Crippen molar-refractivity contribution >= 4 is 22.9 Å². The van der Waals surface area contributed by atoms with Crippen molar-refractivity contribution in [1.29, 1.82) is 0 Å². The highest BCUT2D eigenvalue weighted by Gasteiger charge is 2.31. The number of rotatable bonds is 7. The summed E-state index contributed by atoms with van der Waals surface area (Å²) in [6.07, 6.45) is 5.09. The summed E-state index contributed by atoms with van der Waals surface area (Å²) in [7, 11) is 3.54. The van der Waals surface area contributed by atoms with Gasteiger partial charge in [-0.05, 0) is 34.9 Å². The molecule has 1 fully saturated rings. The van der Waals surface area contributed by atoms with Crippen molar-refractivity contribution < 1.29 is 9.53 Å². The van der Waals surface area contributed by atoms with Gasteiger partial charge in [0.25, 0.3) is 0 Å². The number of nitrogens with one attached hydrogen (secondary N) is 2. The summed E-state index contributed by atoms with van der Waals surface area (Å²) in [5, 5.41) is 18.6. The Morgan fingerprint density at radius 1 is 1.26 bits per heavy atom. The number of pyridine rings is 1. The number of aromatic amines is 1. The van der Waals surface area contributed by atoms with Crippen LogP contribution >= 0.6 is 0 Å². The molecule has 11 nitrogen and oxygen atoms in total. The highest BCUT2D eigenvalue weighted by molar-refractivity contribution is 5.81. The number of amides is 1. The molecule has 0 spiro atoms. The zero-order chi connectivity index (χ0) is 23.7. The van der Waals surface area contributed by atoms with Crippen molar-refractivity contribution in [2.75, 3.05) is 26.4 Å². The first kappa shape index (κ1) is 21.8. The normalized spacial score (nSPS) is 17.8. The van der Waals surface area contributed by atoms with Crippen LogP contribution in [0.2, 0.25) is 0 Å². The van der Waals surface area contributed by atoms with E-state index in [0.29, 0.717) is 42.9 Å². The minimum atomic E-state index is -0.195. The number of benzene rings is 1. The summed E-state index contributed by atoms with van der Waals surface area (Å²) in [4.78, 5) is 18.0. The minimum Gasteiger partial charge on any atom is -0.489 e. The van der Waals surface area contributed by atoms with E-state index in [-0.39, 0.29) is 18.1 Å². The van der Waals surface area contributed by atoms with Gasteiger partial charge in [0.15, 0.2) is 0 Å². The second kappa shape index (κ2) is 9.10. The zero-order valence-electron chi connectivity index (χ0n) is 19.1. The first-order valence-electron chi connectivity index (χ1n) is 11.1. The maximum atomic E-state index is 12.2. The Morgan fingerprint density at radius 2 is 2.15 bits per heavy atom. The number of ether oxygens (including phenoxy) is 1. The van der Waals surface area contributed by atoms with Crippen LogP contribution in [0.3, 0.4) is 0 Å². The fraction of sp³-hybridized carbons (Fsp3) is 0.348. The molecule has 34 heavy (non-hydrogen) atoms. The van der Waals surface area contributed by atoms with Gasteiger partial charge in [0.05, 0.1) is 18.8 Å². The van der Waals surface area contributed by atoms with Crippen LogP contribution in [0.15, 0.2) is 42.7 Å². The maximum absolute atomic E-state index is 12.2. The first-order chi connectivity index (χ1) is 16.4. The van der Waals surface area contributed by atoms with E-state index in [1.807, 2.05) is 47.4 Å². The van der Waals surface area contributed by atoms with Gasteiger partial charge in [-0.25, -0.2) is 4.98 Å². The molecule has 1 saturated heterocycles. The number of anilines is 1. The van der Waals surface area contributed by atoms with Crippen molar-refractivity contribution in [3.8, 4) is 5.75 Å². The Balaban J connectivity index is 1.23. The third kappa shape index (κ3) is 4.69. The Bertz CT molecular complexity index is 1310. The lowest BCUT2D eigenvalue weighted by Gasteiger charge is -2.16. The van der Waals surface area contributed by atoms with Crippen LogP contribution in [0.4, 0.5) is 5.82 Å². The average molecular weight is 462 g/mol. The number of nitrogens with zero attached hydrogens (tertiary/aromatic N) is 6. The molecule has 4 heterocycles. The van der Waals surface area contributed by atoms with Gasteiger partial charge in [-0.3, -0.25) is 9.48 Å². The average Bonchev–Trinajstić information content (AvgIpc) is 3.55. The molecule has 1 aliphatic rings. The third-order valence-corrected chi connectivity index (χ3v) is 5.85. The quantitative estimate of drug-likeness (QED) is 0.370. The molecule has 11 heteroatoms. The van der Waals surface area contributed by atoms with Gasteiger partial charge in [0, 0.05) is 39.7 Å². The number of hydrogen-bond donors (Lipinski definition) is 3. The highest BCUT2D eigenvalue weighted by atomic mass is 16.5. The van der Waals surface area contributed by atoms with Gasteiger partial charge in [0.2, 0.25) is 11.6 Å². The molecule has 1 amide bonds. The van der Waals surface area contributed by atoms with Crippen LogP contribution in [-0.4, -0.2) is 73.8 Å². The van der Waals surface area contributed by atoms with Gasteiger partial charge in [-0.2, -0.15) is 15.4 Å². The van der Waals surface area contributed by atoms with Crippen LogP contribution < -0.4 is 15.8 Å². The number of nitrogens with two attached hydrogens (primary N) is 1. The molecule has 176 valence electrons. The number of hydrogen-bond acceptors (Lipinski definition) is 8. The Hall–Kier alpha value is -3.99. The Morgan fingerprint density at radius 3 is 3.00 bits per heavy atom. The second-order valence-electron chi connectivity index (χ2n) is 8.74. The molecule has 1 aliphatic heterocycles. The van der Waals surface area contributed by atoms with E-state index < -0.39 is 0 Å². The van der Waals surface area contributed by atoms with Gasteiger partial charge < -0.3 is 20.7 Å². The van der Waals surface area contributed by atoms with E-state index in [2.05, 4.69) is 30.8 Å². The van der Waals surface area contributed by atoms with Crippen LogP contribution in [0, 0.1) is 0 Å². The lowest BCUT2D eigenvalue weighted by molar-refractivity contribution is -0.130. The molecule has 0 unspecified atom stereocenters. The molecule has 3 aromatic heterocycles. The van der Waals surface area contributed by atoms with E-state index in [9.17, 15) is 4.79 Å². The second-order valence-corrected chi connectivity index (χ2v) is 8.74. The predicted molar refractivity (Wildman–Crippen MR) is 126 cm³/mol. The molecule has 0 radical (unpaired) electrons. The summed E-state index contributed by atoms with van der Waals surface area (Å²) in [5.74, 6) is 1.28. The minimum absolute atomic E-state index is 0.0402. The first-order valence-corrected chi connectivity index (χ1v) is 11.1. The van der Waals surface area contributed by atoms with Crippen molar-refractivity contribution in [3.63, 3.8) is 0 Å². The van der Waals surface area contributed by atoms with E-state index in [4.69, 9.17) is 10.5 Å². The Labute approximate surface area is 196 Å². The number of aromatic nitrogens is 6. The van der Waals surface area contributed by atoms with E-state index in [1.165, 1.54) is 0 Å². The fourth-order valence-corrected chi connectivity index (χ4v) is 4.25. The zero-order valence-corrected chi connectivity index (χ0v) is 19.1. The number of likely N-dealkylation sites (N-methyl/N-ethyl adjacent to an activating group) is 1. The topological polar surface area (TPSA) is 140 Å². The number of carbonyl (C=O) groups excluding carboxylic acids is 1. The summed E-state index contributed by atoms with van der Waals surface area (Å²) in [5.41, 5.74) is 10.2. The van der Waals surface area contributed by atoms with Crippen LogP contribution in [0.5, 0.6) is 5.75 Å². The lowest BCUT2D eigenvalue weighted by atomic mass is 10.1. The summed E-state index contributed by atoms with van der Waals surface area (Å²) in [6.45, 7) is 1.26. The van der Waals surface area contributed by atoms with E-state index >= 15 is 0 Å². The summed E-state index contributed by atoms with van der Waals surface area (Å²) in [6, 6.07) is 9.60. The predicted octanol–water partition coefficient (Wildman–Crippen LogP) is 0.968. The molecule has 0 bridgehead atoms. The molecule has 0 aliphatic carbocycles. The highest BCUT2D eigenvalue weighted by Crippen LogP contribution is 2.21. The van der Waals surface area contributed by atoms with Crippen molar-refractivity contribution in [3.05, 3.63) is 59.4 Å². The smallest absolute Gasteiger partial charge is 0.239 e. The van der Waals surface area contributed by atoms with Gasteiger partial charge >= 0.3 is 0 Å². The molecule has 5 rings (SSSR count).